The molecule has 1 aromatic heterocycles. The Bertz CT molecular complexity index is 1540. The van der Waals surface area contributed by atoms with E-state index in [-0.39, 0.29) is 29.1 Å². The topological polar surface area (TPSA) is 92.2 Å². The summed E-state index contributed by atoms with van der Waals surface area (Å²) in [5.74, 6) is -1.24. The summed E-state index contributed by atoms with van der Waals surface area (Å²) in [6, 6.07) is 14.8. The Morgan fingerprint density at radius 3 is 2.27 bits per heavy atom. The molecule has 3 aromatic rings. The second-order valence-electron chi connectivity index (χ2n) is 10.8. The molecule has 0 saturated carbocycles. The van der Waals surface area contributed by atoms with Crippen LogP contribution in [0.5, 0.6) is 5.75 Å². The summed E-state index contributed by atoms with van der Waals surface area (Å²) in [6.45, 7) is 1.33. The Kier molecular flexibility index (Phi) is 7.41. The number of piperidine rings is 1. The monoisotopic (exact) mass is 592 g/mol. The molecule has 0 bridgehead atoms. The number of amides is 3. The highest BCUT2D eigenvalue weighted by atomic mass is 32.2. The van der Waals surface area contributed by atoms with Gasteiger partial charge in [0.15, 0.2) is 0 Å². The smallest absolute Gasteiger partial charge is 0.308 e. The number of thiazole rings is 1. The number of carbonyl (C=O) groups excluding carboxylic acids is 3. The number of methoxy groups -OCH3 is 1. The fourth-order valence-corrected chi connectivity index (χ4v) is 8.73. The maximum atomic E-state index is 14.1. The van der Waals surface area contributed by atoms with E-state index in [4.69, 9.17) is 4.74 Å². The minimum Gasteiger partial charge on any atom is -0.497 e. The van der Waals surface area contributed by atoms with E-state index in [9.17, 15) is 19.2 Å². The molecule has 4 heterocycles. The number of benzene rings is 2. The third kappa shape index (κ3) is 4.84. The van der Waals surface area contributed by atoms with Crippen molar-refractivity contribution in [3.63, 3.8) is 0 Å². The normalized spacial score (nSPS) is 22.0. The van der Waals surface area contributed by atoms with Crippen LogP contribution < -0.4 is 19.4 Å². The lowest BCUT2D eigenvalue weighted by atomic mass is 9.83. The number of carbonyl (C=O) groups is 3. The fraction of sp³-hybridized carbons (Fsp3) is 0.400. The molecule has 0 N–H and O–H groups in total. The first-order valence-corrected chi connectivity index (χ1v) is 15.4. The minimum absolute atomic E-state index is 0.0638. The van der Waals surface area contributed by atoms with E-state index < -0.39 is 17.1 Å². The van der Waals surface area contributed by atoms with Crippen molar-refractivity contribution in [3.8, 4) is 5.75 Å². The number of aromatic nitrogens is 1. The molecule has 9 nitrogen and oxygen atoms in total. The van der Waals surface area contributed by atoms with E-state index in [1.807, 2.05) is 48.2 Å². The molecule has 3 atom stereocenters. The Morgan fingerprint density at radius 1 is 0.951 bits per heavy atom. The first-order valence-electron chi connectivity index (χ1n) is 13.8. The quantitative estimate of drug-likeness (QED) is 0.402. The van der Waals surface area contributed by atoms with Gasteiger partial charge in [-0.25, -0.2) is 4.90 Å². The molecule has 0 radical (unpaired) electrons. The molecule has 2 saturated heterocycles. The van der Waals surface area contributed by atoms with Crippen LogP contribution in [0, 0.1) is 5.92 Å². The number of likely N-dealkylation sites (tertiary alicyclic amines) is 1. The lowest BCUT2D eigenvalue weighted by Crippen LogP contribution is -2.39. The van der Waals surface area contributed by atoms with Crippen LogP contribution in [0.3, 0.4) is 0 Å². The fourth-order valence-electron chi connectivity index (χ4n) is 5.96. The first kappa shape index (κ1) is 27.6. The Hall–Kier alpha value is -3.57. The van der Waals surface area contributed by atoms with Gasteiger partial charge in [0, 0.05) is 43.7 Å². The number of ether oxygens (including phenoxy) is 1. The summed E-state index contributed by atoms with van der Waals surface area (Å²) < 4.78 is 6.78. The zero-order valence-corrected chi connectivity index (χ0v) is 24.9. The SMILES string of the molecule is COc1ccc(N2C(=O)C3Sc4c(sc(=O)n4CC(=O)N4CCCCC4)C(c4ccc(N(C)C)cc4)C3C2=O)cc1. The molecule has 6 rings (SSSR count). The van der Waals surface area contributed by atoms with E-state index in [1.165, 1.54) is 21.2 Å². The van der Waals surface area contributed by atoms with Crippen molar-refractivity contribution in [2.24, 2.45) is 5.92 Å². The average Bonchev–Trinajstić information content (AvgIpc) is 3.43. The first-order chi connectivity index (χ1) is 19.8. The van der Waals surface area contributed by atoms with Gasteiger partial charge in [0.1, 0.15) is 17.5 Å². The van der Waals surface area contributed by atoms with Crippen molar-refractivity contribution >= 4 is 52.2 Å². The second kappa shape index (κ2) is 11.0. The second-order valence-corrected chi connectivity index (χ2v) is 12.9. The number of nitrogens with zero attached hydrogens (tertiary/aromatic N) is 4. The highest BCUT2D eigenvalue weighted by Gasteiger charge is 2.56. The molecule has 3 aliphatic rings. The third-order valence-corrected chi connectivity index (χ3v) is 10.8. The third-order valence-electron chi connectivity index (χ3n) is 8.15. The van der Waals surface area contributed by atoms with Gasteiger partial charge in [0.2, 0.25) is 17.7 Å². The van der Waals surface area contributed by atoms with Crippen LogP contribution >= 0.6 is 23.1 Å². The van der Waals surface area contributed by atoms with Gasteiger partial charge >= 0.3 is 4.87 Å². The van der Waals surface area contributed by atoms with Gasteiger partial charge in [0.25, 0.3) is 0 Å². The number of hydrogen-bond acceptors (Lipinski definition) is 8. The van der Waals surface area contributed by atoms with Crippen molar-refractivity contribution in [1.29, 1.82) is 0 Å². The van der Waals surface area contributed by atoms with Gasteiger partial charge in [-0.1, -0.05) is 35.2 Å². The highest BCUT2D eigenvalue weighted by molar-refractivity contribution is 8.00. The summed E-state index contributed by atoms with van der Waals surface area (Å²) in [7, 11) is 5.47. The van der Waals surface area contributed by atoms with Crippen LogP contribution in [0.25, 0.3) is 0 Å². The van der Waals surface area contributed by atoms with Crippen LogP contribution in [0.4, 0.5) is 11.4 Å². The molecule has 3 amide bonds. The molecule has 2 aromatic carbocycles. The van der Waals surface area contributed by atoms with Gasteiger partial charge in [-0.2, -0.15) is 0 Å². The van der Waals surface area contributed by atoms with Crippen molar-refractivity contribution in [2.45, 2.75) is 42.0 Å². The van der Waals surface area contributed by atoms with Gasteiger partial charge < -0.3 is 14.5 Å². The van der Waals surface area contributed by atoms with Gasteiger partial charge in [-0.15, -0.1) is 0 Å². The average molecular weight is 593 g/mol. The number of anilines is 2. The molecule has 41 heavy (non-hydrogen) atoms. The predicted octanol–water partition coefficient (Wildman–Crippen LogP) is 3.79. The standard InChI is InChI=1S/C30H32N4O5S2/c1-31(2)19-9-7-18(8-10-19)23-24-25(28(37)34(27(24)36)20-11-13-21(39-3)14-12-20)40-29-26(23)41-30(38)33(29)17-22(35)32-15-5-4-6-16-32/h7-14,23-25H,4-6,15-17H2,1-3H3. The van der Waals surface area contributed by atoms with E-state index in [2.05, 4.69) is 0 Å². The Morgan fingerprint density at radius 2 is 1.63 bits per heavy atom. The van der Waals surface area contributed by atoms with Gasteiger partial charge in [-0.3, -0.25) is 23.7 Å². The zero-order valence-electron chi connectivity index (χ0n) is 23.2. The number of hydrogen-bond donors (Lipinski definition) is 0. The molecule has 11 heteroatoms. The van der Waals surface area contributed by atoms with Crippen molar-refractivity contribution in [1.82, 2.24) is 9.47 Å². The maximum Gasteiger partial charge on any atom is 0.308 e. The number of fused-ring (bicyclic) bond motifs is 2. The summed E-state index contributed by atoms with van der Waals surface area (Å²) in [5, 5.41) is -0.105. The predicted molar refractivity (Wildman–Crippen MR) is 160 cm³/mol. The lowest BCUT2D eigenvalue weighted by molar-refractivity contribution is -0.133. The lowest BCUT2D eigenvalue weighted by Gasteiger charge is -2.31. The molecule has 0 aliphatic carbocycles. The van der Waals surface area contributed by atoms with E-state index >= 15 is 0 Å². The highest BCUT2D eigenvalue weighted by Crippen LogP contribution is 2.54. The van der Waals surface area contributed by atoms with E-state index in [1.54, 1.807) is 31.4 Å². The molecular formula is C30H32N4O5S2. The minimum atomic E-state index is -0.721. The van der Waals surface area contributed by atoms with Crippen LogP contribution in [-0.4, -0.2) is 66.7 Å². The molecule has 2 fully saturated rings. The molecule has 214 valence electrons. The maximum absolute atomic E-state index is 14.1. The van der Waals surface area contributed by atoms with Gasteiger partial charge in [-0.05, 0) is 61.2 Å². The van der Waals surface area contributed by atoms with E-state index in [0.29, 0.717) is 29.6 Å². The Labute approximate surface area is 246 Å². The number of imide groups is 1. The largest absolute Gasteiger partial charge is 0.497 e. The van der Waals surface area contributed by atoms with Crippen LogP contribution in [-0.2, 0) is 20.9 Å². The summed E-state index contributed by atoms with van der Waals surface area (Å²) >= 11 is 2.33. The van der Waals surface area contributed by atoms with E-state index in [0.717, 1.165) is 46.7 Å². The van der Waals surface area contributed by atoms with Crippen LogP contribution in [0.2, 0.25) is 0 Å². The van der Waals surface area contributed by atoms with Crippen molar-refractivity contribution in [3.05, 3.63) is 68.6 Å². The molecule has 0 spiro atoms. The number of thioether (sulfide) groups is 1. The van der Waals surface area contributed by atoms with Crippen molar-refractivity contribution in [2.75, 3.05) is 44.1 Å². The molecule has 3 aliphatic heterocycles. The van der Waals surface area contributed by atoms with Crippen LogP contribution in [0.15, 0.2) is 58.4 Å². The summed E-state index contributed by atoms with van der Waals surface area (Å²) in [6.07, 6.45) is 3.03. The van der Waals surface area contributed by atoms with Crippen LogP contribution in [0.1, 0.15) is 35.6 Å². The number of rotatable bonds is 6. The summed E-state index contributed by atoms with van der Waals surface area (Å²) in [4.78, 5) is 60.1. The molecule has 3 unspecified atom stereocenters. The summed E-state index contributed by atoms with van der Waals surface area (Å²) in [5.41, 5.74) is 2.35. The Balaban J connectivity index is 1.42. The van der Waals surface area contributed by atoms with Gasteiger partial charge in [0.05, 0.1) is 23.7 Å². The zero-order chi connectivity index (χ0) is 28.8. The van der Waals surface area contributed by atoms with Crippen molar-refractivity contribution < 1.29 is 19.1 Å². The molecular weight excluding hydrogens is 560 g/mol.